The number of hydrogen-bond acceptors (Lipinski definition) is 7. The number of aromatic nitrogens is 1. The van der Waals surface area contributed by atoms with E-state index in [1.54, 1.807) is 5.06 Å². The summed E-state index contributed by atoms with van der Waals surface area (Å²) in [5.74, 6) is -5.55. The lowest BCUT2D eigenvalue weighted by Gasteiger charge is -2.29. The minimum absolute atomic E-state index is 0.00663. The summed E-state index contributed by atoms with van der Waals surface area (Å²) in [7, 11) is 0. The Hall–Kier alpha value is -2.98. The summed E-state index contributed by atoms with van der Waals surface area (Å²) in [5, 5.41) is 15.8. The third-order valence-corrected chi connectivity index (χ3v) is 5.76. The molecule has 0 aromatic carbocycles. The Morgan fingerprint density at radius 3 is 2.13 bits per heavy atom. The van der Waals surface area contributed by atoms with E-state index < -0.39 is 24.3 Å². The first-order valence-electron chi connectivity index (χ1n) is 11.4. The number of likely N-dealkylation sites (tertiary alicyclic amines) is 1. The SMILES string of the molecule is Cc1cccc(CN2C[C@H](C(=O)N3CCCCO3)[C@H]3OCC[C@H]32)n1.O=C(O)C(F)(F)F.O=C(O)C(F)(F)F. The molecule has 0 unspecified atom stereocenters. The zero-order valence-corrected chi connectivity index (χ0v) is 20.2. The molecule has 38 heavy (non-hydrogen) atoms. The highest BCUT2D eigenvalue weighted by Crippen LogP contribution is 2.35. The first-order valence-corrected chi connectivity index (χ1v) is 11.4. The molecule has 1 amide bonds. The number of carbonyl (C=O) groups excluding carboxylic acids is 1. The van der Waals surface area contributed by atoms with E-state index in [9.17, 15) is 31.1 Å². The van der Waals surface area contributed by atoms with Crippen molar-refractivity contribution in [3.63, 3.8) is 0 Å². The lowest BCUT2D eigenvalue weighted by Crippen LogP contribution is -2.43. The summed E-state index contributed by atoms with van der Waals surface area (Å²) in [6.07, 6.45) is -7.14. The fraction of sp³-hybridized carbons (Fsp3) is 0.636. The van der Waals surface area contributed by atoms with Crippen LogP contribution in [0.15, 0.2) is 18.2 Å². The second-order valence-electron chi connectivity index (χ2n) is 8.58. The number of rotatable bonds is 3. The second-order valence-corrected chi connectivity index (χ2v) is 8.58. The third kappa shape index (κ3) is 9.09. The molecule has 1 aromatic rings. The van der Waals surface area contributed by atoms with Crippen molar-refractivity contribution in [1.29, 1.82) is 0 Å². The number of carboxylic acids is 2. The van der Waals surface area contributed by atoms with Gasteiger partial charge in [0.05, 0.1) is 24.3 Å². The monoisotopic (exact) mass is 559 g/mol. The van der Waals surface area contributed by atoms with E-state index in [2.05, 4.69) is 16.0 Å². The lowest BCUT2D eigenvalue weighted by molar-refractivity contribution is -0.203. The number of hydrogen-bond donors (Lipinski definition) is 2. The number of pyridine rings is 1. The number of amides is 1. The topological polar surface area (TPSA) is 130 Å². The lowest BCUT2D eigenvalue weighted by atomic mass is 10.0. The van der Waals surface area contributed by atoms with Crippen LogP contribution in [0.25, 0.3) is 0 Å². The maximum atomic E-state index is 12.9. The molecule has 1 aromatic heterocycles. The number of alkyl halides is 6. The zero-order valence-electron chi connectivity index (χ0n) is 20.2. The number of fused-ring (bicyclic) bond motifs is 1. The van der Waals surface area contributed by atoms with E-state index in [-0.39, 0.29) is 17.9 Å². The summed E-state index contributed by atoms with van der Waals surface area (Å²) >= 11 is 0. The summed E-state index contributed by atoms with van der Waals surface area (Å²) in [6.45, 7) is 5.59. The van der Waals surface area contributed by atoms with Gasteiger partial charge in [0.1, 0.15) is 0 Å². The van der Waals surface area contributed by atoms with Gasteiger partial charge in [-0.25, -0.2) is 14.7 Å². The van der Waals surface area contributed by atoms with Gasteiger partial charge in [0.15, 0.2) is 0 Å². The van der Waals surface area contributed by atoms with Gasteiger partial charge in [-0.1, -0.05) is 6.07 Å². The van der Waals surface area contributed by atoms with Crippen LogP contribution in [0, 0.1) is 12.8 Å². The van der Waals surface area contributed by atoms with Crippen molar-refractivity contribution in [2.45, 2.75) is 57.2 Å². The summed E-state index contributed by atoms with van der Waals surface area (Å²) in [5.41, 5.74) is 2.09. The van der Waals surface area contributed by atoms with Crippen LogP contribution >= 0.6 is 0 Å². The molecule has 3 aliphatic rings. The first-order chi connectivity index (χ1) is 17.6. The van der Waals surface area contributed by atoms with E-state index in [1.807, 2.05) is 19.1 Å². The minimum Gasteiger partial charge on any atom is -0.475 e. The van der Waals surface area contributed by atoms with Gasteiger partial charge >= 0.3 is 24.3 Å². The molecule has 3 fully saturated rings. The number of carbonyl (C=O) groups is 3. The largest absolute Gasteiger partial charge is 0.490 e. The predicted octanol–water partition coefficient (Wildman–Crippen LogP) is 2.80. The van der Waals surface area contributed by atoms with Crippen LogP contribution in [-0.2, 0) is 30.5 Å². The van der Waals surface area contributed by atoms with Crippen molar-refractivity contribution in [2.75, 3.05) is 26.3 Å². The quantitative estimate of drug-likeness (QED) is 0.537. The fourth-order valence-corrected chi connectivity index (χ4v) is 4.12. The van der Waals surface area contributed by atoms with Crippen molar-refractivity contribution in [3.05, 3.63) is 29.6 Å². The molecule has 0 radical (unpaired) electrons. The fourth-order valence-electron chi connectivity index (χ4n) is 4.12. The summed E-state index contributed by atoms with van der Waals surface area (Å²) in [6, 6.07) is 6.42. The van der Waals surface area contributed by atoms with Gasteiger partial charge in [-0.2, -0.15) is 26.3 Å². The highest BCUT2D eigenvalue weighted by atomic mass is 19.4. The maximum Gasteiger partial charge on any atom is 0.490 e. The van der Waals surface area contributed by atoms with Crippen LogP contribution in [0.1, 0.15) is 30.7 Å². The molecule has 4 rings (SSSR count). The van der Waals surface area contributed by atoms with Crippen LogP contribution in [0.4, 0.5) is 26.3 Å². The van der Waals surface area contributed by atoms with Crippen LogP contribution in [0.2, 0.25) is 0 Å². The Bertz CT molecular complexity index is 945. The molecular weight excluding hydrogens is 532 g/mol. The average Bonchev–Trinajstić information content (AvgIpc) is 3.43. The Balaban J connectivity index is 0.000000301. The van der Waals surface area contributed by atoms with Gasteiger partial charge in [-0.3, -0.25) is 19.5 Å². The smallest absolute Gasteiger partial charge is 0.475 e. The molecule has 4 heterocycles. The molecule has 0 aliphatic carbocycles. The number of ether oxygens (including phenoxy) is 1. The standard InChI is InChI=1S/C18H25N3O3.2C2HF3O2/c1-13-5-4-6-14(19-13)11-20-12-15(17-16(20)7-10-23-17)18(22)21-8-2-3-9-24-21;2*3-2(4,5)1(6)7/h4-6,15-17H,2-3,7-12H2,1H3;2*(H,6,7)/t15-,16+,17+;;/m0../s1. The Morgan fingerprint density at radius 2 is 1.63 bits per heavy atom. The number of aliphatic carboxylic acids is 2. The molecule has 0 saturated carbocycles. The molecule has 16 heteroatoms. The summed E-state index contributed by atoms with van der Waals surface area (Å²) < 4.78 is 69.4. The molecule has 3 aliphatic heterocycles. The molecular formula is C22H27F6N3O7. The number of carboxylic acid groups (broad SMARTS) is 2. The van der Waals surface area contributed by atoms with Crippen molar-refractivity contribution < 1.29 is 60.5 Å². The van der Waals surface area contributed by atoms with Crippen molar-refractivity contribution in [2.24, 2.45) is 5.92 Å². The zero-order chi connectivity index (χ0) is 28.7. The molecule has 2 N–H and O–H groups in total. The number of halogens is 6. The van der Waals surface area contributed by atoms with Crippen LogP contribution in [0.3, 0.4) is 0 Å². The Kier molecular flexibility index (Phi) is 10.8. The minimum atomic E-state index is -5.08. The average molecular weight is 559 g/mol. The van der Waals surface area contributed by atoms with Crippen molar-refractivity contribution in [1.82, 2.24) is 14.9 Å². The Labute approximate surface area is 213 Å². The van der Waals surface area contributed by atoms with Gasteiger partial charge in [0.25, 0.3) is 5.91 Å². The van der Waals surface area contributed by atoms with Gasteiger partial charge in [0.2, 0.25) is 0 Å². The second kappa shape index (κ2) is 13.2. The highest BCUT2D eigenvalue weighted by Gasteiger charge is 2.50. The predicted molar refractivity (Wildman–Crippen MR) is 115 cm³/mol. The van der Waals surface area contributed by atoms with Gasteiger partial charge in [-0.15, -0.1) is 0 Å². The number of nitrogens with zero attached hydrogens (tertiary/aromatic N) is 3. The van der Waals surface area contributed by atoms with E-state index >= 15 is 0 Å². The number of aryl methyl sites for hydroxylation is 1. The first kappa shape index (κ1) is 31.2. The third-order valence-electron chi connectivity index (χ3n) is 5.76. The summed E-state index contributed by atoms with van der Waals surface area (Å²) in [4.78, 5) is 43.2. The van der Waals surface area contributed by atoms with Crippen LogP contribution in [0.5, 0.6) is 0 Å². The molecule has 3 atom stereocenters. The Morgan fingerprint density at radius 1 is 1.03 bits per heavy atom. The molecule has 0 spiro atoms. The van der Waals surface area contributed by atoms with E-state index in [1.165, 1.54) is 0 Å². The molecule has 0 bridgehead atoms. The van der Waals surface area contributed by atoms with E-state index in [4.69, 9.17) is 29.4 Å². The van der Waals surface area contributed by atoms with E-state index in [0.29, 0.717) is 19.2 Å². The number of hydroxylamine groups is 2. The van der Waals surface area contributed by atoms with Crippen molar-refractivity contribution >= 4 is 17.8 Å². The molecule has 214 valence electrons. The van der Waals surface area contributed by atoms with Crippen molar-refractivity contribution in [3.8, 4) is 0 Å². The normalized spacial score (nSPS) is 23.4. The highest BCUT2D eigenvalue weighted by molar-refractivity contribution is 5.79. The van der Waals surface area contributed by atoms with Crippen LogP contribution in [-0.4, -0.2) is 93.8 Å². The van der Waals surface area contributed by atoms with Gasteiger partial charge in [0, 0.05) is 38.0 Å². The van der Waals surface area contributed by atoms with Crippen LogP contribution < -0.4 is 0 Å². The van der Waals surface area contributed by atoms with Gasteiger partial charge in [-0.05, 0) is 38.3 Å². The molecule has 3 saturated heterocycles. The molecule has 10 nitrogen and oxygen atoms in total. The van der Waals surface area contributed by atoms with Gasteiger partial charge < -0.3 is 14.9 Å². The van der Waals surface area contributed by atoms with E-state index in [0.717, 1.165) is 50.3 Å². The maximum absolute atomic E-state index is 12.9.